The van der Waals surface area contributed by atoms with Crippen molar-refractivity contribution in [2.24, 2.45) is 4.99 Å². The molecule has 0 radical (unpaired) electrons. The van der Waals surface area contributed by atoms with E-state index < -0.39 is 0 Å². The number of carbonyl (C=O) groups excluding carboxylic acids is 1. The van der Waals surface area contributed by atoms with Gasteiger partial charge in [-0.3, -0.25) is 4.99 Å². The molecule has 1 heterocycles. The number of carbonyl (C=O) groups is 1. The second-order valence-corrected chi connectivity index (χ2v) is 3.87. The van der Waals surface area contributed by atoms with E-state index >= 15 is 0 Å². The average Bonchev–Trinajstić information content (AvgIpc) is 2.30. The van der Waals surface area contributed by atoms with Gasteiger partial charge in [0.25, 0.3) is 0 Å². The molecular formula is C13H23N3O. The van der Waals surface area contributed by atoms with Gasteiger partial charge in [-0.2, -0.15) is 0 Å². The van der Waals surface area contributed by atoms with Crippen LogP contribution in [-0.2, 0) is 4.79 Å². The summed E-state index contributed by atoms with van der Waals surface area (Å²) in [6, 6.07) is 0. The fourth-order valence-electron chi connectivity index (χ4n) is 1.30. The quantitative estimate of drug-likeness (QED) is 0.731. The molecule has 4 heteroatoms. The highest BCUT2D eigenvalue weighted by Crippen LogP contribution is 2.11. The molecule has 1 aliphatic heterocycles. The molecule has 0 unspecified atom stereocenters. The van der Waals surface area contributed by atoms with Gasteiger partial charge in [-0.05, 0) is 38.9 Å². The summed E-state index contributed by atoms with van der Waals surface area (Å²) in [5.41, 5.74) is 1.86. The predicted octanol–water partition coefficient (Wildman–Crippen LogP) is 1.65. The SMILES string of the molecule is C=C(CCC=O)NC1=NCCCC1=C.CNC. The Labute approximate surface area is 104 Å². The molecule has 4 nitrogen and oxygen atoms in total. The van der Waals surface area contributed by atoms with E-state index in [1.54, 1.807) is 0 Å². The summed E-state index contributed by atoms with van der Waals surface area (Å²) in [7, 11) is 3.75. The van der Waals surface area contributed by atoms with Gasteiger partial charge in [-0.25, -0.2) is 0 Å². The summed E-state index contributed by atoms with van der Waals surface area (Å²) in [6.07, 6.45) is 4.13. The molecule has 0 atom stereocenters. The Kier molecular flexibility index (Phi) is 8.96. The zero-order valence-electron chi connectivity index (χ0n) is 10.9. The number of allylic oxidation sites excluding steroid dienone is 1. The van der Waals surface area contributed by atoms with Crippen LogP contribution in [0.15, 0.2) is 29.4 Å². The zero-order chi connectivity index (χ0) is 13.1. The molecule has 0 aromatic rings. The first kappa shape index (κ1) is 15.6. The molecular weight excluding hydrogens is 214 g/mol. The molecule has 0 aromatic carbocycles. The maximum atomic E-state index is 10.1. The highest BCUT2D eigenvalue weighted by atomic mass is 16.1. The van der Waals surface area contributed by atoms with Crippen LogP contribution in [0.3, 0.4) is 0 Å². The van der Waals surface area contributed by atoms with Crippen LogP contribution in [0.2, 0.25) is 0 Å². The third-order valence-corrected chi connectivity index (χ3v) is 2.10. The number of nitrogens with one attached hydrogen (secondary N) is 2. The molecule has 0 fully saturated rings. The van der Waals surface area contributed by atoms with E-state index in [0.29, 0.717) is 12.8 Å². The van der Waals surface area contributed by atoms with E-state index in [1.165, 1.54) is 0 Å². The first-order chi connectivity index (χ1) is 8.15. The largest absolute Gasteiger partial charge is 0.344 e. The normalized spacial score (nSPS) is 14.2. The van der Waals surface area contributed by atoms with Crippen molar-refractivity contribution in [2.75, 3.05) is 20.6 Å². The smallest absolute Gasteiger partial charge is 0.127 e. The summed E-state index contributed by atoms with van der Waals surface area (Å²) >= 11 is 0. The van der Waals surface area contributed by atoms with Gasteiger partial charge in [-0.15, -0.1) is 0 Å². The number of amidine groups is 1. The van der Waals surface area contributed by atoms with E-state index in [-0.39, 0.29) is 0 Å². The molecule has 17 heavy (non-hydrogen) atoms. The molecule has 0 bridgehead atoms. The Morgan fingerprint density at radius 1 is 1.53 bits per heavy atom. The van der Waals surface area contributed by atoms with Crippen LogP contribution in [0, 0.1) is 0 Å². The molecule has 0 saturated carbocycles. The van der Waals surface area contributed by atoms with E-state index in [1.807, 2.05) is 14.1 Å². The van der Waals surface area contributed by atoms with Crippen molar-refractivity contribution in [3.8, 4) is 0 Å². The summed E-state index contributed by atoms with van der Waals surface area (Å²) in [5.74, 6) is 0.840. The van der Waals surface area contributed by atoms with Crippen LogP contribution in [0.4, 0.5) is 0 Å². The minimum absolute atomic E-state index is 0.506. The molecule has 0 saturated heterocycles. The Morgan fingerprint density at radius 3 is 2.71 bits per heavy atom. The van der Waals surface area contributed by atoms with Gasteiger partial charge in [-0.1, -0.05) is 13.2 Å². The van der Waals surface area contributed by atoms with Crippen LogP contribution in [0.1, 0.15) is 25.7 Å². The Hall–Kier alpha value is -1.42. The van der Waals surface area contributed by atoms with E-state index in [0.717, 1.165) is 42.8 Å². The number of rotatable bonds is 4. The molecule has 0 aliphatic carbocycles. The highest BCUT2D eigenvalue weighted by Gasteiger charge is 2.09. The van der Waals surface area contributed by atoms with Crippen molar-refractivity contribution >= 4 is 12.1 Å². The lowest BCUT2D eigenvalue weighted by Crippen LogP contribution is -2.26. The lowest BCUT2D eigenvalue weighted by molar-refractivity contribution is -0.107. The van der Waals surface area contributed by atoms with Gasteiger partial charge in [0.15, 0.2) is 0 Å². The number of hydrogen-bond acceptors (Lipinski definition) is 4. The lowest BCUT2D eigenvalue weighted by Gasteiger charge is -2.17. The predicted molar refractivity (Wildman–Crippen MR) is 73.2 cm³/mol. The highest BCUT2D eigenvalue weighted by molar-refractivity contribution is 5.99. The fraction of sp³-hybridized carbons (Fsp3) is 0.538. The topological polar surface area (TPSA) is 53.5 Å². The summed E-state index contributed by atoms with van der Waals surface area (Å²) < 4.78 is 0. The molecule has 96 valence electrons. The van der Waals surface area contributed by atoms with Crippen LogP contribution in [-0.4, -0.2) is 32.8 Å². The minimum atomic E-state index is 0.506. The number of aliphatic imine (C=N–C) groups is 1. The average molecular weight is 237 g/mol. The first-order valence-corrected chi connectivity index (χ1v) is 5.85. The van der Waals surface area contributed by atoms with Crippen molar-refractivity contribution < 1.29 is 4.79 Å². The summed E-state index contributed by atoms with van der Waals surface area (Å²) in [6.45, 7) is 8.60. The van der Waals surface area contributed by atoms with E-state index in [2.05, 4.69) is 28.8 Å². The second kappa shape index (κ2) is 9.78. The van der Waals surface area contributed by atoms with Crippen LogP contribution in [0.5, 0.6) is 0 Å². The van der Waals surface area contributed by atoms with Gasteiger partial charge < -0.3 is 15.4 Å². The molecule has 2 N–H and O–H groups in total. The fourth-order valence-corrected chi connectivity index (χ4v) is 1.30. The molecule has 0 amide bonds. The first-order valence-electron chi connectivity index (χ1n) is 5.85. The number of nitrogens with zero attached hydrogens (tertiary/aromatic N) is 1. The van der Waals surface area contributed by atoms with Gasteiger partial charge in [0.1, 0.15) is 12.1 Å². The van der Waals surface area contributed by atoms with E-state index in [4.69, 9.17) is 0 Å². The standard InChI is InChI=1S/C11H16N2O.C2H7N/c1-9-5-3-7-12-11(9)13-10(2)6-4-8-14;1-3-2/h8H,1-7H2,(H,12,13);3H,1-2H3. The van der Waals surface area contributed by atoms with Crippen molar-refractivity contribution in [1.29, 1.82) is 0 Å². The Bertz CT molecular complexity index is 295. The molecule has 0 spiro atoms. The maximum Gasteiger partial charge on any atom is 0.127 e. The third kappa shape index (κ3) is 7.47. The summed E-state index contributed by atoms with van der Waals surface area (Å²) in [5, 5.41) is 5.85. The van der Waals surface area contributed by atoms with Crippen molar-refractivity contribution in [1.82, 2.24) is 10.6 Å². The molecule has 1 rings (SSSR count). The van der Waals surface area contributed by atoms with Gasteiger partial charge in [0, 0.05) is 18.7 Å². The van der Waals surface area contributed by atoms with Gasteiger partial charge >= 0.3 is 0 Å². The minimum Gasteiger partial charge on any atom is -0.344 e. The molecule has 0 aromatic heterocycles. The van der Waals surface area contributed by atoms with Gasteiger partial charge in [0.2, 0.25) is 0 Å². The monoisotopic (exact) mass is 237 g/mol. The lowest BCUT2D eigenvalue weighted by atomic mass is 10.1. The third-order valence-electron chi connectivity index (χ3n) is 2.10. The zero-order valence-corrected chi connectivity index (χ0v) is 10.9. The second-order valence-electron chi connectivity index (χ2n) is 3.87. The maximum absolute atomic E-state index is 10.1. The van der Waals surface area contributed by atoms with Crippen molar-refractivity contribution in [3.63, 3.8) is 0 Å². The van der Waals surface area contributed by atoms with Crippen LogP contribution < -0.4 is 10.6 Å². The Balaban J connectivity index is 0.000000770. The van der Waals surface area contributed by atoms with Crippen LogP contribution in [0.25, 0.3) is 0 Å². The van der Waals surface area contributed by atoms with Crippen molar-refractivity contribution in [2.45, 2.75) is 25.7 Å². The van der Waals surface area contributed by atoms with E-state index in [9.17, 15) is 4.79 Å². The van der Waals surface area contributed by atoms with Gasteiger partial charge in [0.05, 0.1) is 0 Å². The van der Waals surface area contributed by atoms with Crippen molar-refractivity contribution in [3.05, 3.63) is 24.4 Å². The molecule has 1 aliphatic rings. The number of aldehydes is 1. The Morgan fingerprint density at radius 2 is 2.18 bits per heavy atom. The summed E-state index contributed by atoms with van der Waals surface area (Å²) in [4.78, 5) is 14.5. The van der Waals surface area contributed by atoms with Crippen LogP contribution >= 0.6 is 0 Å². The number of hydrogen-bond donors (Lipinski definition) is 2.